The molecule has 2 atom stereocenters. The highest BCUT2D eigenvalue weighted by atomic mass is 19.1. The number of hydrogen-bond donors (Lipinski definition) is 1. The van der Waals surface area contributed by atoms with Crippen molar-refractivity contribution >= 4 is 0 Å². The fourth-order valence-electron chi connectivity index (χ4n) is 3.61. The lowest BCUT2D eigenvalue weighted by molar-refractivity contribution is -0.149. The van der Waals surface area contributed by atoms with Crippen LogP contribution in [-0.4, -0.2) is 25.4 Å². The molecule has 2 saturated heterocycles. The molecule has 0 amide bonds. The van der Waals surface area contributed by atoms with E-state index >= 15 is 0 Å². The second-order valence-corrected chi connectivity index (χ2v) is 6.43. The molecule has 2 aliphatic heterocycles. The molecule has 3 rings (SSSR count). The summed E-state index contributed by atoms with van der Waals surface area (Å²) >= 11 is 0. The average Bonchev–Trinajstić information content (AvgIpc) is 2.50. The van der Waals surface area contributed by atoms with E-state index < -0.39 is 0 Å². The van der Waals surface area contributed by atoms with Crippen LogP contribution in [0, 0.1) is 18.7 Å². The fourth-order valence-corrected chi connectivity index (χ4v) is 3.61. The Morgan fingerprint density at radius 3 is 2.76 bits per heavy atom. The minimum atomic E-state index is -0.168. The summed E-state index contributed by atoms with van der Waals surface area (Å²) in [6, 6.07) is 5.17. The average molecular weight is 293 g/mol. The maximum Gasteiger partial charge on any atom is 0.126 e. The van der Waals surface area contributed by atoms with Crippen LogP contribution < -0.4 is 5.73 Å². The molecule has 1 aromatic carbocycles. The van der Waals surface area contributed by atoms with Crippen LogP contribution in [0.15, 0.2) is 18.2 Å². The quantitative estimate of drug-likeness (QED) is 0.911. The summed E-state index contributed by atoms with van der Waals surface area (Å²) in [5.41, 5.74) is 8.12. The maximum absolute atomic E-state index is 13.4. The Kier molecular flexibility index (Phi) is 4.29. The number of hydrogen-bond acceptors (Lipinski definition) is 3. The van der Waals surface area contributed by atoms with Gasteiger partial charge in [-0.2, -0.15) is 0 Å². The number of aryl methyl sites for hydroxylation is 1. The van der Waals surface area contributed by atoms with Gasteiger partial charge < -0.3 is 15.2 Å². The first-order valence-corrected chi connectivity index (χ1v) is 7.83. The highest BCUT2D eigenvalue weighted by molar-refractivity contribution is 5.27. The molecule has 2 heterocycles. The smallest absolute Gasteiger partial charge is 0.126 e. The van der Waals surface area contributed by atoms with E-state index in [0.29, 0.717) is 11.5 Å². The molecule has 0 aliphatic carbocycles. The van der Waals surface area contributed by atoms with Gasteiger partial charge in [-0.25, -0.2) is 4.39 Å². The third kappa shape index (κ3) is 3.12. The van der Waals surface area contributed by atoms with Crippen molar-refractivity contribution in [2.75, 3.05) is 19.8 Å². The Hall–Kier alpha value is -0.970. The predicted molar refractivity (Wildman–Crippen MR) is 79.5 cm³/mol. The number of rotatable bonds is 2. The zero-order chi connectivity index (χ0) is 14.9. The van der Waals surface area contributed by atoms with Crippen LogP contribution in [0.25, 0.3) is 0 Å². The molecule has 0 radical (unpaired) electrons. The summed E-state index contributed by atoms with van der Waals surface area (Å²) in [6.45, 7) is 4.10. The summed E-state index contributed by atoms with van der Waals surface area (Å²) in [5.74, 6) is 0.223. The molecule has 0 saturated carbocycles. The van der Waals surface area contributed by atoms with Gasteiger partial charge in [-0.05, 0) is 55.7 Å². The molecule has 2 N–H and O–H groups in total. The van der Waals surface area contributed by atoms with Crippen molar-refractivity contribution in [3.8, 4) is 0 Å². The van der Waals surface area contributed by atoms with Gasteiger partial charge in [0.05, 0.1) is 5.60 Å². The van der Waals surface area contributed by atoms with E-state index in [2.05, 4.69) is 0 Å². The Labute approximate surface area is 125 Å². The number of nitrogens with two attached hydrogens (primary N) is 1. The molecule has 0 aromatic heterocycles. The van der Waals surface area contributed by atoms with Crippen molar-refractivity contribution in [3.63, 3.8) is 0 Å². The first-order chi connectivity index (χ1) is 10.1. The first-order valence-electron chi connectivity index (χ1n) is 7.83. The summed E-state index contributed by atoms with van der Waals surface area (Å²) in [6.07, 6.45) is 3.87. The van der Waals surface area contributed by atoms with Gasteiger partial charge in [0.25, 0.3) is 0 Å². The molecule has 2 aliphatic rings. The van der Waals surface area contributed by atoms with Gasteiger partial charge in [-0.1, -0.05) is 12.1 Å². The highest BCUT2D eigenvalue weighted by Gasteiger charge is 2.40. The van der Waals surface area contributed by atoms with E-state index in [0.717, 1.165) is 51.1 Å². The van der Waals surface area contributed by atoms with Crippen LogP contribution in [0.4, 0.5) is 4.39 Å². The molecule has 2 unspecified atom stereocenters. The van der Waals surface area contributed by atoms with Gasteiger partial charge >= 0.3 is 0 Å². The van der Waals surface area contributed by atoms with Crippen LogP contribution in [0.2, 0.25) is 0 Å². The summed E-state index contributed by atoms with van der Waals surface area (Å²) in [5, 5.41) is 0. The van der Waals surface area contributed by atoms with Crippen molar-refractivity contribution in [1.29, 1.82) is 0 Å². The second kappa shape index (κ2) is 6.03. The van der Waals surface area contributed by atoms with E-state index in [9.17, 15) is 4.39 Å². The SMILES string of the molecule is Cc1cc(C(N)C2CCOC3(CCOCC3)C2)ccc1F. The van der Waals surface area contributed by atoms with Crippen LogP contribution in [0.1, 0.15) is 42.9 Å². The molecule has 1 aromatic rings. The Morgan fingerprint density at radius 1 is 1.29 bits per heavy atom. The molecule has 0 bridgehead atoms. The lowest BCUT2D eigenvalue weighted by Crippen LogP contribution is -2.46. The Bertz CT molecular complexity index is 494. The first kappa shape index (κ1) is 14.9. The van der Waals surface area contributed by atoms with Crippen LogP contribution in [0.5, 0.6) is 0 Å². The van der Waals surface area contributed by atoms with Gasteiger partial charge in [0, 0.05) is 25.9 Å². The van der Waals surface area contributed by atoms with Gasteiger partial charge in [0.2, 0.25) is 0 Å². The molecule has 1 spiro atoms. The van der Waals surface area contributed by atoms with E-state index in [-0.39, 0.29) is 17.5 Å². The summed E-state index contributed by atoms with van der Waals surface area (Å²) in [4.78, 5) is 0. The monoisotopic (exact) mass is 293 g/mol. The van der Waals surface area contributed by atoms with Crippen LogP contribution in [-0.2, 0) is 9.47 Å². The minimum absolute atomic E-state index is 0.0478. The largest absolute Gasteiger partial charge is 0.381 e. The van der Waals surface area contributed by atoms with Crippen LogP contribution in [0.3, 0.4) is 0 Å². The minimum Gasteiger partial charge on any atom is -0.381 e. The zero-order valence-corrected chi connectivity index (χ0v) is 12.6. The third-order valence-electron chi connectivity index (χ3n) is 5.01. The molecule has 116 valence electrons. The third-order valence-corrected chi connectivity index (χ3v) is 5.01. The maximum atomic E-state index is 13.4. The van der Waals surface area contributed by atoms with Crippen molar-refractivity contribution in [2.24, 2.45) is 11.7 Å². The number of ether oxygens (including phenoxy) is 2. The molecule has 21 heavy (non-hydrogen) atoms. The predicted octanol–water partition coefficient (Wildman–Crippen LogP) is 3.11. The molecule has 3 nitrogen and oxygen atoms in total. The molecular weight excluding hydrogens is 269 g/mol. The van der Waals surface area contributed by atoms with Gasteiger partial charge in [0.1, 0.15) is 5.82 Å². The van der Waals surface area contributed by atoms with Crippen molar-refractivity contribution < 1.29 is 13.9 Å². The molecular formula is C17H24FNO2. The van der Waals surface area contributed by atoms with E-state index in [4.69, 9.17) is 15.2 Å². The topological polar surface area (TPSA) is 44.5 Å². The van der Waals surface area contributed by atoms with Gasteiger partial charge in [-0.15, -0.1) is 0 Å². The number of benzene rings is 1. The Morgan fingerprint density at radius 2 is 2.05 bits per heavy atom. The lowest BCUT2D eigenvalue weighted by atomic mass is 9.76. The second-order valence-electron chi connectivity index (χ2n) is 6.43. The van der Waals surface area contributed by atoms with Gasteiger partial charge in [-0.3, -0.25) is 0 Å². The van der Waals surface area contributed by atoms with Crippen molar-refractivity contribution in [3.05, 3.63) is 35.1 Å². The van der Waals surface area contributed by atoms with E-state index in [1.807, 2.05) is 12.1 Å². The van der Waals surface area contributed by atoms with Crippen molar-refractivity contribution in [2.45, 2.75) is 44.2 Å². The fraction of sp³-hybridized carbons (Fsp3) is 0.647. The van der Waals surface area contributed by atoms with E-state index in [1.165, 1.54) is 6.07 Å². The standard InChI is InChI=1S/C17H24FNO2/c1-12-10-13(2-3-15(12)18)16(19)14-4-7-21-17(11-14)5-8-20-9-6-17/h2-3,10,14,16H,4-9,11,19H2,1H3. The van der Waals surface area contributed by atoms with E-state index in [1.54, 1.807) is 6.92 Å². The molecule has 2 fully saturated rings. The van der Waals surface area contributed by atoms with Crippen LogP contribution >= 0.6 is 0 Å². The summed E-state index contributed by atoms with van der Waals surface area (Å²) < 4.78 is 24.9. The summed E-state index contributed by atoms with van der Waals surface area (Å²) in [7, 11) is 0. The Balaban J connectivity index is 1.74. The lowest BCUT2D eigenvalue weighted by Gasteiger charge is -2.44. The van der Waals surface area contributed by atoms with Gasteiger partial charge in [0.15, 0.2) is 0 Å². The zero-order valence-electron chi connectivity index (χ0n) is 12.6. The highest BCUT2D eigenvalue weighted by Crippen LogP contribution is 2.41. The number of halogens is 1. The molecule has 4 heteroatoms. The normalized spacial score (nSPS) is 26.7. The van der Waals surface area contributed by atoms with Crippen molar-refractivity contribution in [1.82, 2.24) is 0 Å².